The number of hydrogen-bond donors (Lipinski definition) is 1. The van der Waals surface area contributed by atoms with Crippen molar-refractivity contribution in [3.8, 4) is 0 Å². The standard InChI is InChI=1S/C6H8N4O/c1-3-4-5(7)9-11-6(4)10(2)8-3/h1-2H3,(H2,7,9). The summed E-state index contributed by atoms with van der Waals surface area (Å²) < 4.78 is 6.54. The van der Waals surface area contributed by atoms with E-state index in [0.29, 0.717) is 11.5 Å². The van der Waals surface area contributed by atoms with Crippen LogP contribution < -0.4 is 5.73 Å². The Morgan fingerprint density at radius 1 is 1.55 bits per heavy atom. The largest absolute Gasteiger partial charge is 0.380 e. The molecule has 58 valence electrons. The van der Waals surface area contributed by atoms with E-state index in [1.54, 1.807) is 11.7 Å². The molecule has 0 unspecified atom stereocenters. The predicted molar refractivity (Wildman–Crippen MR) is 39.9 cm³/mol. The highest BCUT2D eigenvalue weighted by Crippen LogP contribution is 2.22. The van der Waals surface area contributed by atoms with E-state index in [9.17, 15) is 0 Å². The maximum Gasteiger partial charge on any atom is 0.258 e. The van der Waals surface area contributed by atoms with Crippen LogP contribution >= 0.6 is 0 Å². The van der Waals surface area contributed by atoms with Gasteiger partial charge in [-0.15, -0.1) is 0 Å². The van der Waals surface area contributed by atoms with Crippen molar-refractivity contribution in [3.05, 3.63) is 5.69 Å². The Kier molecular flexibility index (Phi) is 0.986. The second-order valence-electron chi connectivity index (χ2n) is 2.46. The van der Waals surface area contributed by atoms with Gasteiger partial charge in [-0.1, -0.05) is 5.16 Å². The van der Waals surface area contributed by atoms with Gasteiger partial charge in [0.05, 0.1) is 5.69 Å². The van der Waals surface area contributed by atoms with Crippen LogP contribution in [0.5, 0.6) is 0 Å². The van der Waals surface area contributed by atoms with Crippen LogP contribution in [0.4, 0.5) is 5.82 Å². The average molecular weight is 152 g/mol. The summed E-state index contributed by atoms with van der Waals surface area (Å²) in [4.78, 5) is 0. The molecule has 2 heterocycles. The molecule has 0 bridgehead atoms. The minimum Gasteiger partial charge on any atom is -0.380 e. The van der Waals surface area contributed by atoms with E-state index >= 15 is 0 Å². The molecular weight excluding hydrogens is 144 g/mol. The third-order valence-electron chi connectivity index (χ3n) is 1.66. The molecule has 5 nitrogen and oxygen atoms in total. The van der Waals surface area contributed by atoms with E-state index in [2.05, 4.69) is 10.3 Å². The van der Waals surface area contributed by atoms with Crippen molar-refractivity contribution in [2.45, 2.75) is 6.92 Å². The molecule has 0 saturated carbocycles. The van der Waals surface area contributed by atoms with Crippen LogP contribution in [0.15, 0.2) is 4.52 Å². The highest BCUT2D eigenvalue weighted by Gasteiger charge is 2.12. The fraction of sp³-hybridized carbons (Fsp3) is 0.333. The first-order valence-corrected chi connectivity index (χ1v) is 3.24. The van der Waals surface area contributed by atoms with Crippen LogP contribution in [0.25, 0.3) is 11.1 Å². The molecule has 0 atom stereocenters. The molecule has 0 spiro atoms. The topological polar surface area (TPSA) is 69.9 Å². The second kappa shape index (κ2) is 1.75. The summed E-state index contributed by atoms with van der Waals surface area (Å²) in [6.45, 7) is 1.87. The SMILES string of the molecule is Cc1nn(C)c2onc(N)c12. The van der Waals surface area contributed by atoms with Crippen LogP contribution in [0.1, 0.15) is 5.69 Å². The van der Waals surface area contributed by atoms with Crippen molar-refractivity contribution < 1.29 is 4.52 Å². The van der Waals surface area contributed by atoms with Gasteiger partial charge < -0.3 is 10.3 Å². The van der Waals surface area contributed by atoms with Gasteiger partial charge in [0.1, 0.15) is 5.39 Å². The van der Waals surface area contributed by atoms with Gasteiger partial charge in [-0.05, 0) is 6.92 Å². The van der Waals surface area contributed by atoms with E-state index in [0.717, 1.165) is 11.1 Å². The minimum atomic E-state index is 0.408. The van der Waals surface area contributed by atoms with Gasteiger partial charge in [0, 0.05) is 7.05 Å². The zero-order valence-electron chi connectivity index (χ0n) is 6.33. The minimum absolute atomic E-state index is 0.408. The number of nitrogens with zero attached hydrogens (tertiary/aromatic N) is 3. The van der Waals surface area contributed by atoms with Gasteiger partial charge >= 0.3 is 0 Å². The number of fused-ring (bicyclic) bond motifs is 1. The van der Waals surface area contributed by atoms with Crippen LogP contribution in [-0.4, -0.2) is 14.9 Å². The van der Waals surface area contributed by atoms with E-state index < -0.39 is 0 Å². The van der Waals surface area contributed by atoms with Gasteiger partial charge in [0.25, 0.3) is 5.71 Å². The van der Waals surface area contributed by atoms with Crippen molar-refractivity contribution in [3.63, 3.8) is 0 Å². The summed E-state index contributed by atoms with van der Waals surface area (Å²) in [5.41, 5.74) is 7.01. The zero-order chi connectivity index (χ0) is 8.01. The van der Waals surface area contributed by atoms with Crippen LogP contribution in [0.3, 0.4) is 0 Å². The number of nitrogen functional groups attached to an aromatic ring is 1. The van der Waals surface area contributed by atoms with Crippen LogP contribution in [-0.2, 0) is 7.05 Å². The van der Waals surface area contributed by atoms with Crippen molar-refractivity contribution >= 4 is 16.9 Å². The molecule has 0 aromatic carbocycles. The van der Waals surface area contributed by atoms with E-state index in [1.807, 2.05) is 6.92 Å². The fourth-order valence-corrected chi connectivity index (χ4v) is 1.17. The molecule has 0 aliphatic carbocycles. The van der Waals surface area contributed by atoms with Gasteiger partial charge in [0.15, 0.2) is 5.82 Å². The lowest BCUT2D eigenvalue weighted by Crippen LogP contribution is -1.89. The van der Waals surface area contributed by atoms with Gasteiger partial charge in [-0.2, -0.15) is 5.10 Å². The maximum absolute atomic E-state index is 5.53. The third-order valence-corrected chi connectivity index (χ3v) is 1.66. The summed E-state index contributed by atoms with van der Waals surface area (Å²) in [7, 11) is 1.79. The first-order valence-electron chi connectivity index (χ1n) is 3.24. The quantitative estimate of drug-likeness (QED) is 0.595. The Balaban J connectivity index is 2.98. The molecule has 2 aromatic rings. The lowest BCUT2D eigenvalue weighted by atomic mass is 10.3. The first kappa shape index (κ1) is 6.21. The van der Waals surface area contributed by atoms with Crippen molar-refractivity contribution in [2.24, 2.45) is 7.05 Å². The van der Waals surface area contributed by atoms with Crippen molar-refractivity contribution in [1.82, 2.24) is 14.9 Å². The highest BCUT2D eigenvalue weighted by molar-refractivity contribution is 5.86. The number of anilines is 1. The molecule has 2 aromatic heterocycles. The van der Waals surface area contributed by atoms with Crippen molar-refractivity contribution in [2.75, 3.05) is 5.73 Å². The zero-order valence-corrected chi connectivity index (χ0v) is 6.33. The van der Waals surface area contributed by atoms with Gasteiger partial charge in [0.2, 0.25) is 0 Å². The first-order chi connectivity index (χ1) is 5.20. The number of rotatable bonds is 0. The monoisotopic (exact) mass is 152 g/mol. The molecule has 0 aliphatic heterocycles. The summed E-state index contributed by atoms with van der Waals surface area (Å²) in [6.07, 6.45) is 0. The van der Waals surface area contributed by atoms with E-state index in [-0.39, 0.29) is 0 Å². The molecule has 0 amide bonds. The van der Waals surface area contributed by atoms with Gasteiger partial charge in [-0.3, -0.25) is 0 Å². The number of aryl methyl sites for hydroxylation is 2. The summed E-state index contributed by atoms with van der Waals surface area (Å²) >= 11 is 0. The Morgan fingerprint density at radius 3 is 2.91 bits per heavy atom. The fourth-order valence-electron chi connectivity index (χ4n) is 1.17. The highest BCUT2D eigenvalue weighted by atomic mass is 16.5. The van der Waals surface area contributed by atoms with E-state index in [4.69, 9.17) is 10.3 Å². The maximum atomic E-state index is 5.53. The molecule has 0 radical (unpaired) electrons. The summed E-state index contributed by atoms with van der Waals surface area (Å²) in [5.74, 6) is 0.408. The molecule has 0 saturated heterocycles. The van der Waals surface area contributed by atoms with Crippen LogP contribution in [0, 0.1) is 6.92 Å². The molecule has 0 fully saturated rings. The predicted octanol–water partition coefficient (Wildman–Crippen LogP) is 0.452. The molecule has 11 heavy (non-hydrogen) atoms. The smallest absolute Gasteiger partial charge is 0.258 e. The number of aromatic nitrogens is 3. The number of hydrogen-bond acceptors (Lipinski definition) is 4. The normalized spacial score (nSPS) is 11.1. The molecule has 0 aliphatic rings. The second-order valence-corrected chi connectivity index (χ2v) is 2.46. The molecule has 2 rings (SSSR count). The molecule has 2 N–H and O–H groups in total. The summed E-state index contributed by atoms with van der Waals surface area (Å²) in [6, 6.07) is 0. The average Bonchev–Trinajstić information content (AvgIpc) is 2.41. The Labute approximate surface area is 62.8 Å². The Hall–Kier alpha value is -1.52. The number of nitrogens with two attached hydrogens (primary N) is 1. The lowest BCUT2D eigenvalue weighted by Gasteiger charge is -1.83. The van der Waals surface area contributed by atoms with Crippen LogP contribution in [0.2, 0.25) is 0 Å². The lowest BCUT2D eigenvalue weighted by molar-refractivity contribution is 0.436. The third kappa shape index (κ3) is 0.646. The Bertz CT molecular complexity index is 400. The summed E-state index contributed by atoms with van der Waals surface area (Å²) in [5, 5.41) is 8.55. The molecule has 5 heteroatoms. The molecular formula is C6H8N4O. The van der Waals surface area contributed by atoms with Gasteiger partial charge in [-0.25, -0.2) is 4.68 Å². The van der Waals surface area contributed by atoms with E-state index in [1.165, 1.54) is 0 Å². The Morgan fingerprint density at radius 2 is 2.27 bits per heavy atom. The van der Waals surface area contributed by atoms with Crippen molar-refractivity contribution in [1.29, 1.82) is 0 Å².